The Morgan fingerprint density at radius 2 is 2.00 bits per heavy atom. The predicted molar refractivity (Wildman–Crippen MR) is 76.4 cm³/mol. The number of nitrogens with two attached hydrogens (primary N) is 1. The largest absolute Gasteiger partial charge is 0.374 e. The molecule has 0 saturated carbocycles. The molecule has 1 aromatic rings. The average Bonchev–Trinajstić information content (AvgIpc) is 2.75. The van der Waals surface area contributed by atoms with E-state index in [9.17, 15) is 8.42 Å². The van der Waals surface area contributed by atoms with Gasteiger partial charge in [-0.1, -0.05) is 24.2 Å². The van der Waals surface area contributed by atoms with Crippen LogP contribution in [0.1, 0.15) is 25.7 Å². The van der Waals surface area contributed by atoms with E-state index in [2.05, 4.69) is 21.2 Å². The molecule has 0 bridgehead atoms. The van der Waals surface area contributed by atoms with Crippen molar-refractivity contribution in [2.75, 3.05) is 24.3 Å². The van der Waals surface area contributed by atoms with Crippen molar-refractivity contribution in [3.05, 3.63) is 0 Å². The van der Waals surface area contributed by atoms with Gasteiger partial charge in [0.25, 0.3) is 10.0 Å². The average molecular weight is 310 g/mol. The number of nitrogens with one attached hydrogen (secondary N) is 1. The maximum atomic E-state index is 11.7. The topological polar surface area (TPSA) is 98.0 Å². The summed E-state index contributed by atoms with van der Waals surface area (Å²) in [5, 5.41) is 7.16. The number of unbranched alkanes of at least 4 members (excludes halogenated alkanes) is 3. The molecule has 0 spiro atoms. The highest BCUT2D eigenvalue weighted by atomic mass is 32.2. The van der Waals surface area contributed by atoms with Crippen LogP contribution in [-0.4, -0.2) is 37.2 Å². The predicted octanol–water partition coefficient (Wildman–Crippen LogP) is 1.32. The molecule has 104 valence electrons. The Labute approximate surface area is 116 Å². The van der Waals surface area contributed by atoms with Gasteiger partial charge in [0.05, 0.1) is 0 Å². The molecule has 9 heteroatoms. The Bertz CT molecular complexity index is 446. The summed E-state index contributed by atoms with van der Waals surface area (Å²) in [6.07, 6.45) is 6.26. The highest BCUT2D eigenvalue weighted by molar-refractivity contribution is 7.98. The summed E-state index contributed by atoms with van der Waals surface area (Å²) in [5.74, 6) is 1.16. The Morgan fingerprint density at radius 3 is 2.61 bits per heavy atom. The van der Waals surface area contributed by atoms with Crippen LogP contribution in [0.25, 0.3) is 0 Å². The lowest BCUT2D eigenvalue weighted by molar-refractivity contribution is 0.572. The third-order valence-corrected chi connectivity index (χ3v) is 5.50. The second kappa shape index (κ2) is 7.93. The molecule has 0 radical (unpaired) electrons. The number of nitrogens with zero attached hydrogens (tertiary/aromatic N) is 2. The summed E-state index contributed by atoms with van der Waals surface area (Å²) in [6, 6.07) is 0. The molecule has 0 aliphatic carbocycles. The summed E-state index contributed by atoms with van der Waals surface area (Å²) >= 11 is 2.70. The molecule has 0 saturated heterocycles. The fraction of sp³-hybridized carbons (Fsp3) is 0.778. The summed E-state index contributed by atoms with van der Waals surface area (Å²) in [4.78, 5) is 0. The standard InChI is InChI=1S/C9H18N4O2S3/c1-16-7-5-3-2-4-6-11-18(14,15)9-13-12-8(10)17-9/h11H,2-7H2,1H3,(H2,10,12). The maximum absolute atomic E-state index is 11.7. The maximum Gasteiger partial charge on any atom is 0.269 e. The molecular weight excluding hydrogens is 292 g/mol. The van der Waals surface area contributed by atoms with Gasteiger partial charge in [-0.3, -0.25) is 0 Å². The molecular formula is C9H18N4O2S3. The van der Waals surface area contributed by atoms with Gasteiger partial charge in [-0.2, -0.15) is 11.8 Å². The van der Waals surface area contributed by atoms with Crippen molar-refractivity contribution < 1.29 is 8.42 Å². The normalized spacial score (nSPS) is 11.8. The quantitative estimate of drug-likeness (QED) is 0.668. The number of thioether (sulfide) groups is 1. The highest BCUT2D eigenvalue weighted by Gasteiger charge is 2.18. The lowest BCUT2D eigenvalue weighted by Crippen LogP contribution is -2.24. The van der Waals surface area contributed by atoms with E-state index in [4.69, 9.17) is 5.73 Å². The number of sulfonamides is 1. The lowest BCUT2D eigenvalue weighted by Gasteiger charge is -2.03. The van der Waals surface area contributed by atoms with Crippen LogP contribution in [0.15, 0.2) is 4.34 Å². The van der Waals surface area contributed by atoms with E-state index in [1.807, 2.05) is 11.8 Å². The molecule has 0 atom stereocenters. The fourth-order valence-corrected chi connectivity index (χ4v) is 3.71. The van der Waals surface area contributed by atoms with Crippen molar-refractivity contribution in [1.29, 1.82) is 0 Å². The zero-order valence-corrected chi connectivity index (χ0v) is 12.7. The van der Waals surface area contributed by atoms with E-state index in [0.29, 0.717) is 6.54 Å². The monoisotopic (exact) mass is 310 g/mol. The van der Waals surface area contributed by atoms with Gasteiger partial charge in [0.15, 0.2) is 0 Å². The van der Waals surface area contributed by atoms with Gasteiger partial charge < -0.3 is 5.73 Å². The SMILES string of the molecule is CSCCCCCCNS(=O)(=O)c1nnc(N)s1. The van der Waals surface area contributed by atoms with E-state index in [0.717, 1.165) is 36.4 Å². The fourth-order valence-electron chi connectivity index (χ4n) is 1.32. The summed E-state index contributed by atoms with van der Waals surface area (Å²) in [7, 11) is -3.53. The second-order valence-corrected chi connectivity index (χ2v) is 7.65. The van der Waals surface area contributed by atoms with Crippen molar-refractivity contribution in [2.45, 2.75) is 30.0 Å². The highest BCUT2D eigenvalue weighted by Crippen LogP contribution is 2.16. The van der Waals surface area contributed by atoms with Crippen LogP contribution in [0.2, 0.25) is 0 Å². The van der Waals surface area contributed by atoms with Crippen LogP contribution >= 0.6 is 23.1 Å². The van der Waals surface area contributed by atoms with Crippen molar-refractivity contribution in [2.24, 2.45) is 0 Å². The van der Waals surface area contributed by atoms with E-state index < -0.39 is 10.0 Å². The van der Waals surface area contributed by atoms with Gasteiger partial charge in [-0.15, -0.1) is 10.2 Å². The smallest absolute Gasteiger partial charge is 0.269 e. The van der Waals surface area contributed by atoms with Gasteiger partial charge in [-0.05, 0) is 24.9 Å². The first-order valence-corrected chi connectivity index (χ1v) is 9.33. The molecule has 0 aliphatic rings. The first kappa shape index (κ1) is 15.7. The molecule has 0 aliphatic heterocycles. The van der Waals surface area contributed by atoms with E-state index in [1.54, 1.807) is 0 Å². The first-order chi connectivity index (χ1) is 8.56. The Kier molecular flexibility index (Phi) is 6.90. The van der Waals surface area contributed by atoms with Gasteiger partial charge >= 0.3 is 0 Å². The van der Waals surface area contributed by atoms with Gasteiger partial charge in [0.2, 0.25) is 9.47 Å². The number of anilines is 1. The minimum Gasteiger partial charge on any atom is -0.374 e. The minimum absolute atomic E-state index is 0.0672. The molecule has 6 nitrogen and oxygen atoms in total. The van der Waals surface area contributed by atoms with Crippen LogP contribution < -0.4 is 10.5 Å². The van der Waals surface area contributed by atoms with Crippen molar-refractivity contribution in [1.82, 2.24) is 14.9 Å². The summed E-state index contributed by atoms with van der Waals surface area (Å²) < 4.78 is 25.9. The zero-order chi connectivity index (χ0) is 13.4. The van der Waals surface area contributed by atoms with E-state index in [-0.39, 0.29) is 9.47 Å². The van der Waals surface area contributed by atoms with Crippen LogP contribution in [0, 0.1) is 0 Å². The first-order valence-electron chi connectivity index (χ1n) is 5.64. The zero-order valence-electron chi connectivity index (χ0n) is 10.3. The molecule has 1 aromatic heterocycles. The van der Waals surface area contributed by atoms with Crippen molar-refractivity contribution >= 4 is 38.3 Å². The van der Waals surface area contributed by atoms with Crippen LogP contribution in [0.5, 0.6) is 0 Å². The Morgan fingerprint density at radius 1 is 1.28 bits per heavy atom. The Hall–Kier alpha value is -0.380. The molecule has 0 amide bonds. The second-order valence-electron chi connectivity index (χ2n) is 3.71. The molecule has 3 N–H and O–H groups in total. The molecule has 18 heavy (non-hydrogen) atoms. The summed E-state index contributed by atoms with van der Waals surface area (Å²) in [5.41, 5.74) is 5.35. The number of aromatic nitrogens is 2. The van der Waals surface area contributed by atoms with Gasteiger partial charge in [-0.25, -0.2) is 13.1 Å². The van der Waals surface area contributed by atoms with Crippen LogP contribution in [-0.2, 0) is 10.0 Å². The molecule has 0 fully saturated rings. The van der Waals surface area contributed by atoms with Crippen molar-refractivity contribution in [3.63, 3.8) is 0 Å². The molecule has 0 unspecified atom stereocenters. The third-order valence-electron chi connectivity index (χ3n) is 2.22. The number of hydrogen-bond donors (Lipinski definition) is 2. The molecule has 0 aromatic carbocycles. The molecule has 1 rings (SSSR count). The van der Waals surface area contributed by atoms with Crippen molar-refractivity contribution in [3.8, 4) is 0 Å². The van der Waals surface area contributed by atoms with Crippen LogP contribution in [0.3, 0.4) is 0 Å². The van der Waals surface area contributed by atoms with Crippen LogP contribution in [0.4, 0.5) is 5.13 Å². The van der Waals surface area contributed by atoms with E-state index in [1.165, 1.54) is 6.42 Å². The van der Waals surface area contributed by atoms with Gasteiger partial charge in [0, 0.05) is 6.54 Å². The molecule has 1 heterocycles. The Balaban J connectivity index is 2.22. The summed E-state index contributed by atoms with van der Waals surface area (Å²) in [6.45, 7) is 0.432. The van der Waals surface area contributed by atoms with E-state index >= 15 is 0 Å². The minimum atomic E-state index is -3.53. The number of rotatable bonds is 9. The number of hydrogen-bond acceptors (Lipinski definition) is 7. The third kappa shape index (κ3) is 5.51. The van der Waals surface area contributed by atoms with Gasteiger partial charge in [0.1, 0.15) is 0 Å². The lowest BCUT2D eigenvalue weighted by atomic mass is 10.2. The number of nitrogen functional groups attached to an aromatic ring is 1.